The highest BCUT2D eigenvalue weighted by molar-refractivity contribution is 9.10. The second kappa shape index (κ2) is 6.53. The number of halogens is 1. The van der Waals surface area contributed by atoms with Gasteiger partial charge in [-0.05, 0) is 43.4 Å². The van der Waals surface area contributed by atoms with Crippen molar-refractivity contribution >= 4 is 21.8 Å². The molecule has 3 atom stereocenters. The molecule has 3 N–H and O–H groups in total. The van der Waals surface area contributed by atoms with Gasteiger partial charge in [0.15, 0.2) is 0 Å². The molecule has 1 aromatic carbocycles. The molecule has 0 spiro atoms. The van der Waals surface area contributed by atoms with Gasteiger partial charge >= 0.3 is 0 Å². The predicted octanol–water partition coefficient (Wildman–Crippen LogP) is 3.14. The number of benzene rings is 1. The van der Waals surface area contributed by atoms with E-state index in [-0.39, 0.29) is 18.0 Å². The molecule has 0 bridgehead atoms. The van der Waals surface area contributed by atoms with Gasteiger partial charge in [-0.2, -0.15) is 0 Å². The van der Waals surface area contributed by atoms with E-state index in [1.165, 1.54) is 0 Å². The van der Waals surface area contributed by atoms with Crippen molar-refractivity contribution in [2.24, 2.45) is 11.7 Å². The molecule has 1 unspecified atom stereocenters. The van der Waals surface area contributed by atoms with Crippen LogP contribution in [-0.2, 0) is 4.79 Å². The van der Waals surface area contributed by atoms with Crippen molar-refractivity contribution in [3.05, 3.63) is 34.3 Å². The number of nitrogens with one attached hydrogen (secondary N) is 1. The zero-order valence-electron chi connectivity index (χ0n) is 11.2. The number of carbonyl (C=O) groups is 1. The first-order valence-corrected chi connectivity index (χ1v) is 7.66. The Morgan fingerprint density at radius 3 is 2.95 bits per heavy atom. The SMILES string of the molecule is CC(NC(=O)C[C@@H]1CCC[C@H]1N)c1cccc(Br)c1. The summed E-state index contributed by atoms with van der Waals surface area (Å²) in [5.41, 5.74) is 7.11. The van der Waals surface area contributed by atoms with Gasteiger partial charge < -0.3 is 11.1 Å². The Bertz CT molecular complexity index is 450. The summed E-state index contributed by atoms with van der Waals surface area (Å²) in [6.07, 6.45) is 3.85. The first kappa shape index (κ1) is 14.5. The summed E-state index contributed by atoms with van der Waals surface area (Å²) in [5, 5.41) is 3.06. The Morgan fingerprint density at radius 1 is 1.53 bits per heavy atom. The fraction of sp³-hybridized carbons (Fsp3) is 0.533. The van der Waals surface area contributed by atoms with Crippen molar-refractivity contribution in [2.75, 3.05) is 0 Å². The van der Waals surface area contributed by atoms with Crippen LogP contribution in [0.2, 0.25) is 0 Å². The third-order valence-electron chi connectivity index (χ3n) is 3.89. The summed E-state index contributed by atoms with van der Waals surface area (Å²) in [5.74, 6) is 0.463. The Morgan fingerprint density at radius 2 is 2.32 bits per heavy atom. The molecule has 1 aromatic rings. The summed E-state index contributed by atoms with van der Waals surface area (Å²) in [4.78, 5) is 12.0. The Kier molecular flexibility index (Phi) is 4.99. The van der Waals surface area contributed by atoms with Gasteiger partial charge in [-0.25, -0.2) is 0 Å². The first-order chi connectivity index (χ1) is 9.06. The van der Waals surface area contributed by atoms with Crippen LogP contribution < -0.4 is 11.1 Å². The number of amides is 1. The summed E-state index contributed by atoms with van der Waals surface area (Å²) < 4.78 is 1.03. The van der Waals surface area contributed by atoms with E-state index in [0.717, 1.165) is 29.3 Å². The van der Waals surface area contributed by atoms with Gasteiger partial charge in [0.1, 0.15) is 0 Å². The largest absolute Gasteiger partial charge is 0.350 e. The molecule has 0 aromatic heterocycles. The topological polar surface area (TPSA) is 55.1 Å². The van der Waals surface area contributed by atoms with Gasteiger partial charge in [-0.1, -0.05) is 34.5 Å². The molecule has 3 nitrogen and oxygen atoms in total. The van der Waals surface area contributed by atoms with Crippen LogP contribution in [0.4, 0.5) is 0 Å². The Balaban J connectivity index is 1.88. The van der Waals surface area contributed by atoms with Gasteiger partial charge in [-0.15, -0.1) is 0 Å². The summed E-state index contributed by atoms with van der Waals surface area (Å²) in [7, 11) is 0. The highest BCUT2D eigenvalue weighted by atomic mass is 79.9. The maximum Gasteiger partial charge on any atom is 0.220 e. The van der Waals surface area contributed by atoms with Crippen molar-refractivity contribution < 1.29 is 4.79 Å². The monoisotopic (exact) mass is 324 g/mol. The van der Waals surface area contributed by atoms with Crippen molar-refractivity contribution in [2.45, 2.75) is 44.7 Å². The van der Waals surface area contributed by atoms with E-state index < -0.39 is 0 Å². The summed E-state index contributed by atoms with van der Waals surface area (Å²) >= 11 is 3.45. The van der Waals surface area contributed by atoms with Crippen molar-refractivity contribution in [1.82, 2.24) is 5.32 Å². The zero-order valence-corrected chi connectivity index (χ0v) is 12.8. The quantitative estimate of drug-likeness (QED) is 0.893. The predicted molar refractivity (Wildman–Crippen MR) is 80.6 cm³/mol. The van der Waals surface area contributed by atoms with Gasteiger partial charge in [0.05, 0.1) is 6.04 Å². The molecule has 0 aliphatic heterocycles. The zero-order chi connectivity index (χ0) is 13.8. The fourth-order valence-electron chi connectivity index (χ4n) is 2.72. The molecule has 0 heterocycles. The van der Waals surface area contributed by atoms with Gasteiger partial charge in [0.25, 0.3) is 0 Å². The maximum absolute atomic E-state index is 12.0. The minimum atomic E-state index is 0.0302. The highest BCUT2D eigenvalue weighted by Gasteiger charge is 2.26. The number of nitrogens with two attached hydrogens (primary N) is 1. The van der Waals surface area contributed by atoms with Crippen LogP contribution in [0, 0.1) is 5.92 Å². The number of hydrogen-bond donors (Lipinski definition) is 2. The minimum absolute atomic E-state index is 0.0302. The van der Waals surface area contributed by atoms with E-state index in [0.29, 0.717) is 12.3 Å². The maximum atomic E-state index is 12.0. The van der Waals surface area contributed by atoms with E-state index in [4.69, 9.17) is 5.73 Å². The van der Waals surface area contributed by atoms with Crippen LogP contribution >= 0.6 is 15.9 Å². The highest BCUT2D eigenvalue weighted by Crippen LogP contribution is 2.27. The van der Waals surface area contributed by atoms with E-state index in [1.807, 2.05) is 31.2 Å². The van der Waals surface area contributed by atoms with Crippen LogP contribution in [0.25, 0.3) is 0 Å². The van der Waals surface area contributed by atoms with Crippen molar-refractivity contribution in [1.29, 1.82) is 0 Å². The lowest BCUT2D eigenvalue weighted by Crippen LogP contribution is -2.32. The van der Waals surface area contributed by atoms with Crippen LogP contribution in [0.3, 0.4) is 0 Å². The lowest BCUT2D eigenvalue weighted by Gasteiger charge is -2.18. The van der Waals surface area contributed by atoms with E-state index in [2.05, 4.69) is 21.2 Å². The molecule has 0 radical (unpaired) electrons. The molecule has 1 saturated carbocycles. The molecular weight excluding hydrogens is 304 g/mol. The van der Waals surface area contributed by atoms with E-state index in [1.54, 1.807) is 0 Å². The molecule has 104 valence electrons. The second-order valence-corrected chi connectivity index (χ2v) is 6.32. The van der Waals surface area contributed by atoms with E-state index in [9.17, 15) is 4.79 Å². The molecule has 1 fully saturated rings. The third kappa shape index (κ3) is 4.05. The van der Waals surface area contributed by atoms with Crippen LogP contribution in [0.15, 0.2) is 28.7 Å². The van der Waals surface area contributed by atoms with Gasteiger partial charge in [-0.3, -0.25) is 4.79 Å². The average molecular weight is 325 g/mol. The minimum Gasteiger partial charge on any atom is -0.350 e. The number of hydrogen-bond acceptors (Lipinski definition) is 2. The molecule has 1 aliphatic carbocycles. The summed E-state index contributed by atoms with van der Waals surface area (Å²) in [6.45, 7) is 2.01. The molecular formula is C15H21BrN2O. The van der Waals surface area contributed by atoms with Gasteiger partial charge in [0.2, 0.25) is 5.91 Å². The standard InChI is InChI=1S/C15H21BrN2O/c1-10(11-4-2-6-13(16)8-11)18-15(19)9-12-5-3-7-14(12)17/h2,4,6,8,10,12,14H,3,5,7,9,17H2,1H3,(H,18,19)/t10?,12-,14+/m0/s1. The number of carbonyl (C=O) groups excluding carboxylic acids is 1. The summed E-state index contributed by atoms with van der Waals surface area (Å²) in [6, 6.07) is 8.25. The molecule has 1 amide bonds. The van der Waals surface area contributed by atoms with Crippen molar-refractivity contribution in [3.63, 3.8) is 0 Å². The van der Waals surface area contributed by atoms with E-state index >= 15 is 0 Å². The molecule has 4 heteroatoms. The van der Waals surface area contributed by atoms with Crippen LogP contribution in [0.1, 0.15) is 44.2 Å². The fourth-order valence-corrected chi connectivity index (χ4v) is 3.13. The number of rotatable bonds is 4. The Hall–Kier alpha value is -0.870. The van der Waals surface area contributed by atoms with Gasteiger partial charge in [0, 0.05) is 16.9 Å². The lowest BCUT2D eigenvalue weighted by atomic mass is 9.99. The molecule has 2 rings (SSSR count). The van der Waals surface area contributed by atoms with Crippen LogP contribution in [-0.4, -0.2) is 11.9 Å². The molecule has 19 heavy (non-hydrogen) atoms. The lowest BCUT2D eigenvalue weighted by molar-refractivity contribution is -0.122. The normalized spacial score (nSPS) is 24.2. The second-order valence-electron chi connectivity index (χ2n) is 5.40. The smallest absolute Gasteiger partial charge is 0.220 e. The van der Waals surface area contributed by atoms with Crippen molar-refractivity contribution in [3.8, 4) is 0 Å². The molecule has 1 aliphatic rings. The Labute approximate surface area is 123 Å². The average Bonchev–Trinajstić information content (AvgIpc) is 2.75. The first-order valence-electron chi connectivity index (χ1n) is 6.86. The third-order valence-corrected chi connectivity index (χ3v) is 4.38. The van der Waals surface area contributed by atoms with Crippen LogP contribution in [0.5, 0.6) is 0 Å². The molecule has 0 saturated heterocycles.